The first kappa shape index (κ1) is 15.7. The zero-order valence-electron chi connectivity index (χ0n) is 9.74. The molecule has 0 aromatic rings. The Labute approximate surface area is 95.4 Å². The molecular weight excluding hydrogens is 218 g/mol. The predicted molar refractivity (Wildman–Crippen MR) is 58.6 cm³/mol. The highest BCUT2D eigenvalue weighted by molar-refractivity contribution is 4.72. The average molecular weight is 240 g/mol. The highest BCUT2D eigenvalue weighted by Gasteiger charge is 2.20. The fourth-order valence-corrected chi connectivity index (χ4v) is 1.65. The SMILES string of the molecule is COCC(CCCN)N(CCO)CC(F)F. The summed E-state index contributed by atoms with van der Waals surface area (Å²) in [5, 5.41) is 8.84. The second-order valence-corrected chi connectivity index (χ2v) is 3.65. The topological polar surface area (TPSA) is 58.7 Å². The van der Waals surface area contributed by atoms with Gasteiger partial charge in [-0.15, -0.1) is 0 Å². The van der Waals surface area contributed by atoms with E-state index < -0.39 is 6.43 Å². The Bertz CT molecular complexity index is 162. The summed E-state index contributed by atoms with van der Waals surface area (Å²) in [6.07, 6.45) is -0.931. The van der Waals surface area contributed by atoms with Crippen LogP contribution >= 0.6 is 0 Å². The lowest BCUT2D eigenvalue weighted by Gasteiger charge is -2.30. The lowest BCUT2D eigenvalue weighted by atomic mass is 10.1. The molecule has 1 unspecified atom stereocenters. The first-order valence-corrected chi connectivity index (χ1v) is 5.47. The van der Waals surface area contributed by atoms with Gasteiger partial charge in [0.15, 0.2) is 0 Å². The van der Waals surface area contributed by atoms with Crippen LogP contribution in [-0.4, -0.2) is 62.4 Å². The third-order valence-electron chi connectivity index (χ3n) is 2.38. The minimum atomic E-state index is -2.40. The van der Waals surface area contributed by atoms with Crippen LogP contribution in [0.3, 0.4) is 0 Å². The highest BCUT2D eigenvalue weighted by atomic mass is 19.3. The number of aliphatic hydroxyl groups is 1. The van der Waals surface area contributed by atoms with Crippen LogP contribution < -0.4 is 5.73 Å². The Morgan fingerprint density at radius 2 is 2.12 bits per heavy atom. The molecule has 0 aliphatic heterocycles. The summed E-state index contributed by atoms with van der Waals surface area (Å²) < 4.78 is 29.7. The number of aliphatic hydroxyl groups excluding tert-OH is 1. The number of hydrogen-bond acceptors (Lipinski definition) is 4. The van der Waals surface area contributed by atoms with Gasteiger partial charge in [-0.25, -0.2) is 8.78 Å². The zero-order valence-corrected chi connectivity index (χ0v) is 9.74. The smallest absolute Gasteiger partial charge is 0.251 e. The summed E-state index contributed by atoms with van der Waals surface area (Å²) in [6, 6.07) is -0.102. The summed E-state index contributed by atoms with van der Waals surface area (Å²) in [4.78, 5) is 1.56. The Kier molecular flexibility index (Phi) is 9.71. The van der Waals surface area contributed by atoms with Crippen LogP contribution in [0.5, 0.6) is 0 Å². The number of nitrogens with two attached hydrogens (primary N) is 1. The van der Waals surface area contributed by atoms with Crippen molar-refractivity contribution in [3.05, 3.63) is 0 Å². The lowest BCUT2D eigenvalue weighted by molar-refractivity contribution is 0.0234. The summed E-state index contributed by atoms with van der Waals surface area (Å²) in [5.74, 6) is 0. The molecule has 0 amide bonds. The van der Waals surface area contributed by atoms with E-state index in [1.807, 2.05) is 0 Å². The molecule has 6 heteroatoms. The molecular formula is C10H22F2N2O2. The van der Waals surface area contributed by atoms with E-state index in [-0.39, 0.29) is 25.7 Å². The zero-order chi connectivity index (χ0) is 12.4. The van der Waals surface area contributed by atoms with E-state index in [1.54, 1.807) is 4.90 Å². The summed E-state index contributed by atoms with van der Waals surface area (Å²) in [5.41, 5.74) is 5.39. The summed E-state index contributed by atoms with van der Waals surface area (Å²) in [6.45, 7) is 0.687. The van der Waals surface area contributed by atoms with Gasteiger partial charge in [0.1, 0.15) is 0 Å². The van der Waals surface area contributed by atoms with Gasteiger partial charge in [0, 0.05) is 19.7 Å². The van der Waals surface area contributed by atoms with Gasteiger partial charge < -0.3 is 15.6 Å². The number of methoxy groups -OCH3 is 1. The van der Waals surface area contributed by atoms with Crippen molar-refractivity contribution in [3.8, 4) is 0 Å². The Hall–Kier alpha value is -0.300. The van der Waals surface area contributed by atoms with E-state index in [2.05, 4.69) is 0 Å². The van der Waals surface area contributed by atoms with Crippen LogP contribution in [-0.2, 0) is 4.74 Å². The van der Waals surface area contributed by atoms with E-state index in [1.165, 1.54) is 7.11 Å². The fourth-order valence-electron chi connectivity index (χ4n) is 1.65. The second-order valence-electron chi connectivity index (χ2n) is 3.65. The molecule has 0 aliphatic carbocycles. The Morgan fingerprint density at radius 3 is 2.56 bits per heavy atom. The summed E-state index contributed by atoms with van der Waals surface area (Å²) >= 11 is 0. The molecule has 3 N–H and O–H groups in total. The van der Waals surface area contributed by atoms with Crippen LogP contribution in [0, 0.1) is 0 Å². The molecule has 0 spiro atoms. The van der Waals surface area contributed by atoms with Crippen LogP contribution in [0.15, 0.2) is 0 Å². The maximum atomic E-state index is 12.3. The van der Waals surface area contributed by atoms with Crippen molar-refractivity contribution in [2.24, 2.45) is 5.73 Å². The summed E-state index contributed by atoms with van der Waals surface area (Å²) in [7, 11) is 1.54. The highest BCUT2D eigenvalue weighted by Crippen LogP contribution is 2.10. The number of halogens is 2. The second kappa shape index (κ2) is 9.89. The first-order valence-electron chi connectivity index (χ1n) is 5.47. The molecule has 0 saturated heterocycles. The molecule has 0 saturated carbocycles. The van der Waals surface area contributed by atoms with Crippen molar-refractivity contribution in [2.75, 3.05) is 40.0 Å². The van der Waals surface area contributed by atoms with Gasteiger partial charge in [0.25, 0.3) is 6.43 Å². The lowest BCUT2D eigenvalue weighted by Crippen LogP contribution is -2.43. The van der Waals surface area contributed by atoms with Crippen molar-refractivity contribution in [1.82, 2.24) is 4.90 Å². The van der Waals surface area contributed by atoms with E-state index in [0.29, 0.717) is 19.6 Å². The Balaban J connectivity index is 4.25. The molecule has 0 fully saturated rings. The van der Waals surface area contributed by atoms with E-state index in [9.17, 15) is 8.78 Å². The van der Waals surface area contributed by atoms with E-state index in [0.717, 1.165) is 6.42 Å². The van der Waals surface area contributed by atoms with Gasteiger partial charge >= 0.3 is 0 Å². The number of hydrogen-bond donors (Lipinski definition) is 2. The number of alkyl halides is 2. The quantitative estimate of drug-likeness (QED) is 0.576. The van der Waals surface area contributed by atoms with Crippen molar-refractivity contribution in [3.63, 3.8) is 0 Å². The predicted octanol–water partition coefficient (Wildman–Crippen LogP) is 0.300. The van der Waals surface area contributed by atoms with Gasteiger partial charge in [-0.1, -0.05) is 0 Å². The third-order valence-corrected chi connectivity index (χ3v) is 2.38. The van der Waals surface area contributed by atoms with Crippen molar-refractivity contribution in [1.29, 1.82) is 0 Å². The van der Waals surface area contributed by atoms with Gasteiger partial charge in [0.05, 0.1) is 19.8 Å². The molecule has 0 heterocycles. The fraction of sp³-hybridized carbons (Fsp3) is 1.00. The molecule has 98 valence electrons. The molecule has 0 aliphatic rings. The molecule has 0 bridgehead atoms. The minimum absolute atomic E-state index is 0.102. The van der Waals surface area contributed by atoms with Crippen LogP contribution in [0.1, 0.15) is 12.8 Å². The molecule has 0 aromatic carbocycles. The Morgan fingerprint density at radius 1 is 1.44 bits per heavy atom. The minimum Gasteiger partial charge on any atom is -0.395 e. The van der Waals surface area contributed by atoms with Crippen LogP contribution in [0.4, 0.5) is 8.78 Å². The van der Waals surface area contributed by atoms with Crippen LogP contribution in [0.25, 0.3) is 0 Å². The van der Waals surface area contributed by atoms with Gasteiger partial charge in [-0.05, 0) is 19.4 Å². The molecule has 4 nitrogen and oxygen atoms in total. The molecule has 16 heavy (non-hydrogen) atoms. The van der Waals surface area contributed by atoms with Crippen molar-refractivity contribution in [2.45, 2.75) is 25.3 Å². The van der Waals surface area contributed by atoms with Crippen molar-refractivity contribution >= 4 is 0 Å². The number of rotatable bonds is 10. The van der Waals surface area contributed by atoms with Gasteiger partial charge in [-0.3, -0.25) is 4.90 Å². The van der Waals surface area contributed by atoms with E-state index >= 15 is 0 Å². The average Bonchev–Trinajstić information content (AvgIpc) is 2.23. The number of nitrogens with zero attached hydrogens (tertiary/aromatic N) is 1. The van der Waals surface area contributed by atoms with Gasteiger partial charge in [-0.2, -0.15) is 0 Å². The normalized spacial score (nSPS) is 13.7. The van der Waals surface area contributed by atoms with Crippen molar-refractivity contribution < 1.29 is 18.6 Å². The largest absolute Gasteiger partial charge is 0.395 e. The molecule has 0 rings (SSSR count). The first-order chi connectivity index (χ1) is 7.65. The maximum absolute atomic E-state index is 12.3. The molecule has 0 radical (unpaired) electrons. The molecule has 1 atom stereocenters. The maximum Gasteiger partial charge on any atom is 0.251 e. The monoisotopic (exact) mass is 240 g/mol. The van der Waals surface area contributed by atoms with E-state index in [4.69, 9.17) is 15.6 Å². The third kappa shape index (κ3) is 7.05. The standard InChI is InChI=1S/C10H22F2N2O2/c1-16-8-9(3-2-4-13)14(5-6-15)7-10(11)12/h9-10,15H,2-8,13H2,1H3. The molecule has 0 aromatic heterocycles. The number of ether oxygens (including phenoxy) is 1. The van der Waals surface area contributed by atoms with Gasteiger partial charge in [0.2, 0.25) is 0 Å². The van der Waals surface area contributed by atoms with Crippen LogP contribution in [0.2, 0.25) is 0 Å².